The summed E-state index contributed by atoms with van der Waals surface area (Å²) < 4.78 is 15.7. The third kappa shape index (κ3) is 3.69. The van der Waals surface area contributed by atoms with Crippen LogP contribution in [0.15, 0.2) is 18.2 Å². The topological polar surface area (TPSA) is 39.7 Å². The number of benzene rings is 1. The van der Waals surface area contributed by atoms with Crippen molar-refractivity contribution in [2.24, 2.45) is 0 Å². The zero-order valence-corrected chi connectivity index (χ0v) is 11.9. The first-order valence-corrected chi connectivity index (χ1v) is 6.71. The van der Waals surface area contributed by atoms with Gasteiger partial charge in [0.05, 0.1) is 7.11 Å². The second-order valence-corrected chi connectivity index (χ2v) is 4.88. The van der Waals surface area contributed by atoms with Crippen molar-refractivity contribution in [3.05, 3.63) is 29.3 Å². The highest BCUT2D eigenvalue weighted by atomic mass is 16.7. The van der Waals surface area contributed by atoms with Gasteiger partial charge in [-0.05, 0) is 42.5 Å². The van der Waals surface area contributed by atoms with Gasteiger partial charge in [-0.15, -0.1) is 0 Å². The quantitative estimate of drug-likeness (QED) is 0.796. The lowest BCUT2D eigenvalue weighted by molar-refractivity contribution is -0.1000. The summed E-state index contributed by atoms with van der Waals surface area (Å²) in [5.74, 6) is 0.936. The molecule has 1 aliphatic carbocycles. The SMILES string of the molecule is COc1ccc2c(c1)CC(NCC(OC)OC)CC2. The van der Waals surface area contributed by atoms with E-state index in [9.17, 15) is 0 Å². The molecule has 1 N–H and O–H groups in total. The summed E-state index contributed by atoms with van der Waals surface area (Å²) in [5, 5.41) is 3.51. The van der Waals surface area contributed by atoms with Crippen LogP contribution in [-0.4, -0.2) is 40.2 Å². The monoisotopic (exact) mass is 265 g/mol. The lowest BCUT2D eigenvalue weighted by Crippen LogP contribution is -2.40. The van der Waals surface area contributed by atoms with Crippen molar-refractivity contribution in [1.82, 2.24) is 5.32 Å². The van der Waals surface area contributed by atoms with Gasteiger partial charge in [0.1, 0.15) is 5.75 Å². The van der Waals surface area contributed by atoms with E-state index in [0.717, 1.165) is 31.6 Å². The molecule has 4 heteroatoms. The molecule has 0 fully saturated rings. The van der Waals surface area contributed by atoms with E-state index < -0.39 is 0 Å². The third-order valence-corrected chi connectivity index (χ3v) is 3.74. The molecule has 0 spiro atoms. The van der Waals surface area contributed by atoms with Crippen molar-refractivity contribution in [1.29, 1.82) is 0 Å². The molecule has 1 unspecified atom stereocenters. The summed E-state index contributed by atoms with van der Waals surface area (Å²) in [6.45, 7) is 0.719. The minimum absolute atomic E-state index is 0.174. The van der Waals surface area contributed by atoms with Gasteiger partial charge >= 0.3 is 0 Å². The van der Waals surface area contributed by atoms with Crippen molar-refractivity contribution in [2.75, 3.05) is 27.9 Å². The Balaban J connectivity index is 1.93. The Morgan fingerprint density at radius 1 is 1.21 bits per heavy atom. The Morgan fingerprint density at radius 2 is 2.00 bits per heavy atom. The molecular formula is C15H23NO3. The van der Waals surface area contributed by atoms with Gasteiger partial charge in [-0.25, -0.2) is 0 Å². The fraction of sp³-hybridized carbons (Fsp3) is 0.600. The minimum atomic E-state index is -0.174. The Labute approximate surface area is 115 Å². The molecule has 0 aliphatic heterocycles. The lowest BCUT2D eigenvalue weighted by Gasteiger charge is -2.27. The van der Waals surface area contributed by atoms with Crippen LogP contribution in [0.1, 0.15) is 17.5 Å². The predicted octanol–water partition coefficient (Wildman–Crippen LogP) is 1.76. The number of nitrogens with one attached hydrogen (secondary N) is 1. The number of methoxy groups -OCH3 is 3. The average molecular weight is 265 g/mol. The first kappa shape index (κ1) is 14.3. The van der Waals surface area contributed by atoms with Gasteiger partial charge < -0.3 is 19.5 Å². The summed E-state index contributed by atoms with van der Waals surface area (Å²) >= 11 is 0. The molecule has 106 valence electrons. The van der Waals surface area contributed by atoms with Crippen LogP contribution in [0.5, 0.6) is 5.75 Å². The van der Waals surface area contributed by atoms with Crippen LogP contribution in [0.2, 0.25) is 0 Å². The number of ether oxygens (including phenoxy) is 3. The maximum atomic E-state index is 5.29. The number of fused-ring (bicyclic) bond motifs is 1. The normalized spacial score (nSPS) is 18.4. The van der Waals surface area contributed by atoms with Crippen LogP contribution in [0.25, 0.3) is 0 Å². The molecule has 2 rings (SSSR count). The maximum Gasteiger partial charge on any atom is 0.169 e. The molecule has 0 bridgehead atoms. The number of hydrogen-bond acceptors (Lipinski definition) is 4. The third-order valence-electron chi connectivity index (χ3n) is 3.74. The van der Waals surface area contributed by atoms with Gasteiger partial charge in [0.15, 0.2) is 6.29 Å². The Morgan fingerprint density at radius 3 is 2.68 bits per heavy atom. The van der Waals surface area contributed by atoms with Gasteiger partial charge in [0.2, 0.25) is 0 Å². The van der Waals surface area contributed by atoms with Crippen LogP contribution < -0.4 is 10.1 Å². The molecule has 0 radical (unpaired) electrons. The van der Waals surface area contributed by atoms with Crippen molar-refractivity contribution in [2.45, 2.75) is 31.6 Å². The Hall–Kier alpha value is -1.10. The zero-order chi connectivity index (χ0) is 13.7. The van der Waals surface area contributed by atoms with Crippen LogP contribution in [0, 0.1) is 0 Å². The van der Waals surface area contributed by atoms with Crippen LogP contribution >= 0.6 is 0 Å². The summed E-state index contributed by atoms with van der Waals surface area (Å²) in [7, 11) is 5.04. The van der Waals surface area contributed by atoms with Crippen molar-refractivity contribution in [3.8, 4) is 5.75 Å². The van der Waals surface area contributed by atoms with Gasteiger partial charge in [-0.2, -0.15) is 0 Å². The largest absolute Gasteiger partial charge is 0.497 e. The van der Waals surface area contributed by atoms with Crippen LogP contribution in [0.3, 0.4) is 0 Å². The first-order valence-electron chi connectivity index (χ1n) is 6.71. The second kappa shape index (κ2) is 6.89. The molecule has 0 saturated heterocycles. The molecule has 0 amide bonds. The summed E-state index contributed by atoms with van der Waals surface area (Å²) in [6.07, 6.45) is 3.13. The summed E-state index contributed by atoms with van der Waals surface area (Å²) in [5.41, 5.74) is 2.82. The van der Waals surface area contributed by atoms with E-state index in [1.54, 1.807) is 21.3 Å². The fourth-order valence-electron chi connectivity index (χ4n) is 2.56. The Bertz CT molecular complexity index is 404. The highest BCUT2D eigenvalue weighted by molar-refractivity contribution is 5.37. The smallest absolute Gasteiger partial charge is 0.169 e. The van der Waals surface area contributed by atoms with Crippen LogP contribution in [0.4, 0.5) is 0 Å². The highest BCUT2D eigenvalue weighted by Crippen LogP contribution is 2.25. The fourth-order valence-corrected chi connectivity index (χ4v) is 2.56. The number of aryl methyl sites for hydroxylation is 1. The molecule has 1 aliphatic rings. The summed E-state index contributed by atoms with van der Waals surface area (Å²) in [4.78, 5) is 0. The van der Waals surface area contributed by atoms with Gasteiger partial charge in [-0.3, -0.25) is 0 Å². The molecule has 19 heavy (non-hydrogen) atoms. The molecular weight excluding hydrogens is 242 g/mol. The van der Waals surface area contributed by atoms with E-state index in [-0.39, 0.29) is 6.29 Å². The molecule has 1 aromatic rings. The predicted molar refractivity (Wildman–Crippen MR) is 74.6 cm³/mol. The van der Waals surface area contributed by atoms with E-state index in [4.69, 9.17) is 14.2 Å². The Kier molecular flexibility index (Phi) is 5.19. The van der Waals surface area contributed by atoms with Crippen molar-refractivity contribution >= 4 is 0 Å². The molecule has 1 atom stereocenters. The second-order valence-electron chi connectivity index (χ2n) is 4.88. The first-order chi connectivity index (χ1) is 9.26. The van der Waals surface area contributed by atoms with Gasteiger partial charge in [-0.1, -0.05) is 6.07 Å². The van der Waals surface area contributed by atoms with E-state index >= 15 is 0 Å². The van der Waals surface area contributed by atoms with E-state index in [1.165, 1.54) is 11.1 Å². The van der Waals surface area contributed by atoms with Crippen molar-refractivity contribution in [3.63, 3.8) is 0 Å². The molecule has 4 nitrogen and oxygen atoms in total. The van der Waals surface area contributed by atoms with E-state index in [0.29, 0.717) is 6.04 Å². The zero-order valence-electron chi connectivity index (χ0n) is 11.9. The van der Waals surface area contributed by atoms with E-state index in [1.807, 2.05) is 6.07 Å². The van der Waals surface area contributed by atoms with Gasteiger partial charge in [0, 0.05) is 26.8 Å². The molecule has 0 saturated carbocycles. The van der Waals surface area contributed by atoms with Crippen LogP contribution in [-0.2, 0) is 22.3 Å². The standard InChI is InChI=1S/C15H23NO3/c1-17-14-7-5-11-4-6-13(8-12(11)9-14)16-10-15(18-2)19-3/h5,7,9,13,15-16H,4,6,8,10H2,1-3H3. The van der Waals surface area contributed by atoms with E-state index in [2.05, 4.69) is 17.4 Å². The highest BCUT2D eigenvalue weighted by Gasteiger charge is 2.19. The summed E-state index contributed by atoms with van der Waals surface area (Å²) in [6, 6.07) is 6.84. The molecule has 0 heterocycles. The average Bonchev–Trinajstić information content (AvgIpc) is 2.47. The maximum absolute atomic E-state index is 5.29. The van der Waals surface area contributed by atoms with Gasteiger partial charge in [0.25, 0.3) is 0 Å². The molecule has 0 aromatic heterocycles. The molecule has 1 aromatic carbocycles. The number of rotatable bonds is 6. The lowest BCUT2D eigenvalue weighted by atomic mass is 9.88. The van der Waals surface area contributed by atoms with Crippen molar-refractivity contribution < 1.29 is 14.2 Å². The minimum Gasteiger partial charge on any atom is -0.497 e. The number of hydrogen-bond donors (Lipinski definition) is 1.